The molecule has 0 aromatic heterocycles. The highest BCUT2D eigenvalue weighted by atomic mass is 32.2. The molecule has 1 unspecified atom stereocenters. The van der Waals surface area contributed by atoms with Crippen molar-refractivity contribution in [2.75, 3.05) is 12.4 Å². The van der Waals surface area contributed by atoms with Gasteiger partial charge in [0.1, 0.15) is 12.4 Å². The first-order chi connectivity index (χ1) is 8.27. The summed E-state index contributed by atoms with van der Waals surface area (Å²) in [5.41, 5.74) is 2.76. The molecule has 0 amide bonds. The third-order valence-corrected chi connectivity index (χ3v) is 5.19. The molecule has 0 bridgehead atoms. The van der Waals surface area contributed by atoms with E-state index < -0.39 is 0 Å². The minimum absolute atomic E-state index is 0.328. The van der Waals surface area contributed by atoms with E-state index in [1.165, 1.54) is 29.7 Å². The van der Waals surface area contributed by atoms with Gasteiger partial charge >= 0.3 is 0 Å². The van der Waals surface area contributed by atoms with Crippen LogP contribution < -0.4 is 10.1 Å². The van der Waals surface area contributed by atoms with Gasteiger partial charge in [-0.1, -0.05) is 12.1 Å². The van der Waals surface area contributed by atoms with Gasteiger partial charge in [-0.25, -0.2) is 0 Å². The molecular formula is C14H19NOS. The molecule has 3 rings (SSSR count). The van der Waals surface area contributed by atoms with Gasteiger partial charge < -0.3 is 10.1 Å². The second-order valence-corrected chi connectivity index (χ2v) is 6.87. The van der Waals surface area contributed by atoms with E-state index in [0.29, 0.717) is 4.75 Å². The Morgan fingerprint density at radius 1 is 1.41 bits per heavy atom. The van der Waals surface area contributed by atoms with E-state index in [0.717, 1.165) is 25.4 Å². The average molecular weight is 249 g/mol. The number of benzene rings is 1. The molecule has 0 spiro atoms. The molecule has 1 atom stereocenters. The lowest BCUT2D eigenvalue weighted by molar-refractivity contribution is 0.273. The normalized spacial score (nSPS) is 27.1. The van der Waals surface area contributed by atoms with Crippen LogP contribution in [0.5, 0.6) is 5.75 Å². The Bertz CT molecular complexity index is 413. The van der Waals surface area contributed by atoms with Crippen LogP contribution in [0.4, 0.5) is 0 Å². The maximum Gasteiger partial charge on any atom is 0.124 e. The SMILES string of the molecule is CC1(COc2cccc3c2CNC3)CCCS1. The van der Waals surface area contributed by atoms with Gasteiger partial charge in [-0.2, -0.15) is 11.8 Å². The molecule has 2 nitrogen and oxygen atoms in total. The predicted octanol–water partition coefficient (Wildman–Crippen LogP) is 2.95. The summed E-state index contributed by atoms with van der Waals surface area (Å²) in [4.78, 5) is 0. The Morgan fingerprint density at radius 3 is 3.18 bits per heavy atom. The van der Waals surface area contributed by atoms with Crippen molar-refractivity contribution >= 4 is 11.8 Å². The maximum absolute atomic E-state index is 6.07. The minimum Gasteiger partial charge on any atom is -0.492 e. The number of fused-ring (bicyclic) bond motifs is 1. The fourth-order valence-corrected chi connectivity index (χ4v) is 3.83. The lowest BCUT2D eigenvalue weighted by atomic mass is 10.1. The van der Waals surface area contributed by atoms with E-state index >= 15 is 0 Å². The topological polar surface area (TPSA) is 21.3 Å². The van der Waals surface area contributed by atoms with Gasteiger partial charge in [-0.15, -0.1) is 0 Å². The molecule has 2 aliphatic rings. The Labute approximate surface area is 107 Å². The zero-order chi connectivity index (χ0) is 11.7. The van der Waals surface area contributed by atoms with Crippen LogP contribution in [0.2, 0.25) is 0 Å². The van der Waals surface area contributed by atoms with Crippen LogP contribution >= 0.6 is 11.8 Å². The molecule has 0 radical (unpaired) electrons. The maximum atomic E-state index is 6.07. The predicted molar refractivity (Wildman–Crippen MR) is 72.6 cm³/mol. The largest absolute Gasteiger partial charge is 0.492 e. The third-order valence-electron chi connectivity index (χ3n) is 3.68. The van der Waals surface area contributed by atoms with Crippen LogP contribution in [0.25, 0.3) is 0 Å². The molecule has 0 aliphatic carbocycles. The summed E-state index contributed by atoms with van der Waals surface area (Å²) in [5, 5.41) is 3.38. The molecule has 1 fully saturated rings. The number of hydrogen-bond acceptors (Lipinski definition) is 3. The highest BCUT2D eigenvalue weighted by Crippen LogP contribution is 2.38. The quantitative estimate of drug-likeness (QED) is 0.890. The van der Waals surface area contributed by atoms with Crippen molar-refractivity contribution in [3.63, 3.8) is 0 Å². The molecule has 2 aliphatic heterocycles. The molecule has 1 aromatic rings. The average Bonchev–Trinajstić information content (AvgIpc) is 2.95. The van der Waals surface area contributed by atoms with E-state index in [2.05, 4.69) is 42.2 Å². The molecule has 17 heavy (non-hydrogen) atoms. The van der Waals surface area contributed by atoms with Crippen LogP contribution in [0, 0.1) is 0 Å². The van der Waals surface area contributed by atoms with Gasteiger partial charge in [0.25, 0.3) is 0 Å². The fourth-order valence-electron chi connectivity index (χ4n) is 2.62. The summed E-state index contributed by atoms with van der Waals surface area (Å²) in [7, 11) is 0. The Morgan fingerprint density at radius 2 is 2.35 bits per heavy atom. The summed E-state index contributed by atoms with van der Waals surface area (Å²) in [6, 6.07) is 6.40. The van der Waals surface area contributed by atoms with Crippen molar-refractivity contribution in [1.82, 2.24) is 5.32 Å². The fraction of sp³-hybridized carbons (Fsp3) is 0.571. The summed E-state index contributed by atoms with van der Waals surface area (Å²) >= 11 is 2.06. The number of rotatable bonds is 3. The second kappa shape index (κ2) is 4.54. The number of hydrogen-bond donors (Lipinski definition) is 1. The van der Waals surface area contributed by atoms with Crippen LogP contribution in [-0.4, -0.2) is 17.1 Å². The van der Waals surface area contributed by atoms with Gasteiger partial charge in [-0.3, -0.25) is 0 Å². The van der Waals surface area contributed by atoms with E-state index in [9.17, 15) is 0 Å². The lowest BCUT2D eigenvalue weighted by Crippen LogP contribution is -2.25. The first-order valence-corrected chi connectivity index (χ1v) is 7.34. The molecule has 0 saturated carbocycles. The van der Waals surface area contributed by atoms with Crippen molar-refractivity contribution < 1.29 is 4.74 Å². The molecule has 92 valence electrons. The summed E-state index contributed by atoms with van der Waals surface area (Å²) in [6.07, 6.45) is 2.61. The van der Waals surface area contributed by atoms with Crippen LogP contribution in [0.15, 0.2) is 18.2 Å². The van der Waals surface area contributed by atoms with Crippen LogP contribution in [0.1, 0.15) is 30.9 Å². The van der Waals surface area contributed by atoms with Crippen LogP contribution in [-0.2, 0) is 13.1 Å². The molecule has 1 N–H and O–H groups in total. The Kier molecular flexibility index (Phi) is 3.05. The lowest BCUT2D eigenvalue weighted by Gasteiger charge is -2.23. The molecule has 2 heterocycles. The van der Waals surface area contributed by atoms with Crippen molar-refractivity contribution in [3.8, 4) is 5.75 Å². The third kappa shape index (κ3) is 2.31. The smallest absolute Gasteiger partial charge is 0.124 e. The molecule has 3 heteroatoms. The number of ether oxygens (including phenoxy) is 1. The zero-order valence-electron chi connectivity index (χ0n) is 10.3. The van der Waals surface area contributed by atoms with Gasteiger partial charge in [0.2, 0.25) is 0 Å². The van der Waals surface area contributed by atoms with E-state index in [1.807, 2.05) is 0 Å². The Hall–Kier alpha value is -0.670. The molecule has 1 saturated heterocycles. The first kappa shape index (κ1) is 11.4. The second-order valence-electron chi connectivity index (χ2n) is 5.19. The Balaban J connectivity index is 1.71. The molecular weight excluding hydrogens is 230 g/mol. The highest BCUT2D eigenvalue weighted by molar-refractivity contribution is 8.00. The number of nitrogens with one attached hydrogen (secondary N) is 1. The van der Waals surface area contributed by atoms with E-state index in [-0.39, 0.29) is 0 Å². The summed E-state index contributed by atoms with van der Waals surface area (Å²) < 4.78 is 6.40. The van der Waals surface area contributed by atoms with Gasteiger partial charge in [0, 0.05) is 23.4 Å². The van der Waals surface area contributed by atoms with Gasteiger partial charge in [0.05, 0.1) is 0 Å². The van der Waals surface area contributed by atoms with E-state index in [1.54, 1.807) is 0 Å². The van der Waals surface area contributed by atoms with Gasteiger partial charge in [-0.05, 0) is 37.1 Å². The van der Waals surface area contributed by atoms with Crippen molar-refractivity contribution in [2.24, 2.45) is 0 Å². The van der Waals surface area contributed by atoms with Crippen LogP contribution in [0.3, 0.4) is 0 Å². The van der Waals surface area contributed by atoms with Crippen molar-refractivity contribution in [2.45, 2.75) is 37.6 Å². The molecule has 1 aromatic carbocycles. The summed E-state index contributed by atoms with van der Waals surface area (Å²) in [6.45, 7) is 5.11. The highest BCUT2D eigenvalue weighted by Gasteiger charge is 2.30. The standard InChI is InChI=1S/C14H19NOS/c1-14(6-3-7-17-14)10-16-13-5-2-4-11-8-15-9-12(11)13/h2,4-5,15H,3,6-10H2,1H3. The first-order valence-electron chi connectivity index (χ1n) is 6.35. The minimum atomic E-state index is 0.328. The monoisotopic (exact) mass is 249 g/mol. The van der Waals surface area contributed by atoms with Crippen molar-refractivity contribution in [1.29, 1.82) is 0 Å². The summed E-state index contributed by atoms with van der Waals surface area (Å²) in [5.74, 6) is 2.37. The van der Waals surface area contributed by atoms with Gasteiger partial charge in [0.15, 0.2) is 0 Å². The zero-order valence-corrected chi connectivity index (χ0v) is 11.1. The van der Waals surface area contributed by atoms with Crippen molar-refractivity contribution in [3.05, 3.63) is 29.3 Å². The van der Waals surface area contributed by atoms with E-state index in [4.69, 9.17) is 4.74 Å². The number of thioether (sulfide) groups is 1.